The monoisotopic (exact) mass is 850 g/mol. The molecule has 0 fully saturated rings. The van der Waals surface area contributed by atoms with Gasteiger partial charge in [-0.1, -0.05) is 230 Å². The maximum absolute atomic E-state index is 9.23. The number of fused-ring (bicyclic) bond motifs is 4. The molecule has 0 unspecified atom stereocenters. The van der Waals surface area contributed by atoms with E-state index in [0.717, 1.165) is 54.6 Å². The Labute approximate surface area is 379 Å². The van der Waals surface area contributed by atoms with Gasteiger partial charge in [-0.2, -0.15) is 0 Å². The third-order valence-corrected chi connectivity index (χ3v) is 18.0. The number of nitrogens with zero attached hydrogens (tertiary/aromatic N) is 1. The summed E-state index contributed by atoms with van der Waals surface area (Å²) in [6, 6.07) is 41.8. The molecule has 0 amide bonds. The Bertz CT molecular complexity index is 3000. The standard InChI is InChI=1S/C56H60BNSSi2/c1-55(2,3)41-25-31-49-47(35-41)57-48-36-42(56(4,5)6)26-32-51(48)59-52-34-40(37-17-14-13-15-18-37)33-50(53(52)57)58(49)54-45(38-21-27-43(28-22-38)60(7,8)9)19-16-20-46(54)39-23-29-44(30-24-39)61(10,11)12/h13-36H,1-12H3/i13D,14D,15D,17D,18D. The van der Waals surface area contributed by atoms with Gasteiger partial charge < -0.3 is 4.90 Å². The van der Waals surface area contributed by atoms with Crippen LogP contribution in [0.15, 0.2) is 155 Å². The minimum atomic E-state index is -1.60. The lowest BCUT2D eigenvalue weighted by molar-refractivity contribution is 0.590. The van der Waals surface area contributed by atoms with Crippen molar-refractivity contribution in [2.75, 3.05) is 4.90 Å². The molecule has 5 heteroatoms. The molecule has 0 aliphatic carbocycles. The van der Waals surface area contributed by atoms with E-state index in [9.17, 15) is 2.74 Å². The Morgan fingerprint density at radius 3 is 1.56 bits per heavy atom. The molecule has 0 N–H and O–H groups in total. The lowest BCUT2D eigenvalue weighted by Crippen LogP contribution is -2.60. The van der Waals surface area contributed by atoms with E-state index in [2.05, 4.69) is 201 Å². The van der Waals surface area contributed by atoms with Crippen LogP contribution in [0.4, 0.5) is 17.1 Å². The Balaban J connectivity index is 1.44. The summed E-state index contributed by atoms with van der Waals surface area (Å²) < 4.78 is 44.5. The van der Waals surface area contributed by atoms with Gasteiger partial charge in [0.15, 0.2) is 0 Å². The summed E-state index contributed by atoms with van der Waals surface area (Å²) in [5.41, 5.74) is 14.3. The SMILES string of the molecule is [2H]c1c([2H])c([2H])c(-c2cc3c4c(c2)N(c2c(-c5ccc([Si](C)(C)C)cc5)cccc2-c2ccc([Si](C)(C)C)cc2)c2ccc(C(C)(C)C)cc2B4c2cc(C(C)(C)C)ccc2S3)c([2H])c1[2H]. The zero-order chi connectivity index (χ0) is 47.6. The second-order valence-electron chi connectivity index (χ2n) is 21.2. The van der Waals surface area contributed by atoms with Crippen LogP contribution in [0, 0.1) is 0 Å². The van der Waals surface area contributed by atoms with Crippen LogP contribution in [0.3, 0.4) is 0 Å². The van der Waals surface area contributed by atoms with Crippen molar-refractivity contribution in [1.82, 2.24) is 0 Å². The van der Waals surface area contributed by atoms with Crippen molar-refractivity contribution in [3.05, 3.63) is 157 Å². The predicted octanol–water partition coefficient (Wildman–Crippen LogP) is 13.1. The van der Waals surface area contributed by atoms with Crippen LogP contribution in [0.5, 0.6) is 0 Å². The summed E-state index contributed by atoms with van der Waals surface area (Å²) in [4.78, 5) is 4.64. The van der Waals surface area contributed by atoms with Crippen molar-refractivity contribution >= 4 is 78.4 Å². The first-order chi connectivity index (χ1) is 30.8. The number of anilines is 3. The second kappa shape index (κ2) is 14.9. The highest BCUT2D eigenvalue weighted by Gasteiger charge is 2.43. The molecular weight excluding hydrogens is 786 g/mol. The lowest BCUT2D eigenvalue weighted by atomic mass is 9.34. The van der Waals surface area contributed by atoms with E-state index in [1.54, 1.807) is 11.8 Å². The van der Waals surface area contributed by atoms with Crippen molar-refractivity contribution in [3.8, 4) is 33.4 Å². The molecule has 2 aliphatic heterocycles. The normalized spacial score (nSPS) is 14.9. The summed E-state index contributed by atoms with van der Waals surface area (Å²) >= 11 is 1.72. The number of rotatable bonds is 6. The van der Waals surface area contributed by atoms with Gasteiger partial charge in [-0.05, 0) is 79.4 Å². The molecule has 0 bridgehead atoms. The lowest BCUT2D eigenvalue weighted by Gasteiger charge is -2.42. The molecule has 0 saturated carbocycles. The molecule has 0 radical (unpaired) electrons. The van der Waals surface area contributed by atoms with E-state index in [0.29, 0.717) is 5.56 Å². The highest BCUT2D eigenvalue weighted by molar-refractivity contribution is 8.00. The second-order valence-corrected chi connectivity index (χ2v) is 32.4. The minimum Gasteiger partial charge on any atom is -0.310 e. The first kappa shape index (κ1) is 35.8. The summed E-state index contributed by atoms with van der Waals surface area (Å²) in [6.07, 6.45) is 0. The van der Waals surface area contributed by atoms with Gasteiger partial charge in [0.1, 0.15) is 0 Å². The largest absolute Gasteiger partial charge is 0.310 e. The van der Waals surface area contributed by atoms with Crippen molar-refractivity contribution in [1.29, 1.82) is 0 Å². The molecule has 2 aliphatic rings. The number of benzene rings is 7. The summed E-state index contributed by atoms with van der Waals surface area (Å²) in [5.74, 6) is 0. The average Bonchev–Trinajstić information content (AvgIpc) is 3.26. The third-order valence-electron chi connectivity index (χ3n) is 12.7. The number of hydrogen-bond acceptors (Lipinski definition) is 2. The van der Waals surface area contributed by atoms with Gasteiger partial charge in [-0.15, -0.1) is 0 Å². The van der Waals surface area contributed by atoms with Crippen LogP contribution >= 0.6 is 11.8 Å². The Kier molecular flexibility index (Phi) is 8.75. The van der Waals surface area contributed by atoms with E-state index < -0.39 is 22.2 Å². The molecule has 61 heavy (non-hydrogen) atoms. The highest BCUT2D eigenvalue weighted by atomic mass is 32.2. The molecule has 306 valence electrons. The smallest absolute Gasteiger partial charge is 0.249 e. The number of para-hydroxylation sites is 1. The zero-order valence-electron chi connectivity index (χ0n) is 42.9. The molecule has 0 spiro atoms. The predicted molar refractivity (Wildman–Crippen MR) is 276 cm³/mol. The van der Waals surface area contributed by atoms with E-state index in [4.69, 9.17) is 4.11 Å². The van der Waals surface area contributed by atoms with Gasteiger partial charge >= 0.3 is 0 Å². The topological polar surface area (TPSA) is 3.24 Å². The molecule has 7 aromatic carbocycles. The van der Waals surface area contributed by atoms with E-state index in [-0.39, 0.29) is 47.3 Å². The fourth-order valence-electron chi connectivity index (χ4n) is 9.02. The molecular formula is C56H60BNSSi2. The van der Waals surface area contributed by atoms with Crippen LogP contribution in [-0.4, -0.2) is 22.9 Å². The summed E-state index contributed by atoms with van der Waals surface area (Å²) in [7, 11) is -3.20. The van der Waals surface area contributed by atoms with Gasteiger partial charge in [-0.25, -0.2) is 0 Å². The van der Waals surface area contributed by atoms with Crippen molar-refractivity contribution < 1.29 is 6.85 Å². The molecule has 0 atom stereocenters. The minimum absolute atomic E-state index is 0.0751. The van der Waals surface area contributed by atoms with Crippen LogP contribution in [0.2, 0.25) is 39.3 Å². The van der Waals surface area contributed by atoms with Crippen molar-refractivity contribution in [3.63, 3.8) is 0 Å². The third kappa shape index (κ3) is 7.62. The fraction of sp³-hybridized carbons (Fsp3) is 0.250. The quantitative estimate of drug-likeness (QED) is 0.153. The zero-order valence-corrected chi connectivity index (χ0v) is 40.7. The number of hydrogen-bond donors (Lipinski definition) is 0. The summed E-state index contributed by atoms with van der Waals surface area (Å²) in [5, 5.41) is 2.80. The summed E-state index contributed by atoms with van der Waals surface area (Å²) in [6.45, 7) is 27.9. The maximum Gasteiger partial charge on any atom is 0.249 e. The van der Waals surface area contributed by atoms with Crippen LogP contribution in [-0.2, 0) is 10.8 Å². The van der Waals surface area contributed by atoms with Crippen molar-refractivity contribution in [2.24, 2.45) is 0 Å². The average molecular weight is 851 g/mol. The molecule has 0 aromatic heterocycles. The van der Waals surface area contributed by atoms with Gasteiger partial charge in [0.05, 0.1) is 28.7 Å². The van der Waals surface area contributed by atoms with Crippen LogP contribution in [0.1, 0.15) is 59.5 Å². The Morgan fingerprint density at radius 1 is 0.508 bits per heavy atom. The van der Waals surface area contributed by atoms with E-state index in [1.807, 2.05) is 0 Å². The molecule has 9 rings (SSSR count). The van der Waals surface area contributed by atoms with Gasteiger partial charge in [-0.3, -0.25) is 0 Å². The van der Waals surface area contributed by atoms with Gasteiger partial charge in [0, 0.05) is 32.3 Å². The molecule has 7 aromatic rings. The van der Waals surface area contributed by atoms with Gasteiger partial charge in [0.25, 0.3) is 0 Å². The van der Waals surface area contributed by atoms with E-state index >= 15 is 0 Å². The molecule has 0 saturated heterocycles. The maximum atomic E-state index is 9.23. The van der Waals surface area contributed by atoms with Gasteiger partial charge in [0.2, 0.25) is 6.71 Å². The van der Waals surface area contributed by atoms with Crippen molar-refractivity contribution in [2.45, 2.75) is 101 Å². The van der Waals surface area contributed by atoms with E-state index in [1.165, 1.54) is 32.4 Å². The molecule has 2 heterocycles. The Hall–Kier alpha value is -4.81. The fourth-order valence-corrected chi connectivity index (χ4v) is 12.5. The van der Waals surface area contributed by atoms with Crippen LogP contribution in [0.25, 0.3) is 33.4 Å². The first-order valence-electron chi connectivity index (χ1n) is 24.2. The molecule has 1 nitrogen and oxygen atoms in total. The highest BCUT2D eigenvalue weighted by Crippen LogP contribution is 2.50. The Morgan fingerprint density at radius 2 is 1.03 bits per heavy atom. The first-order valence-corrected chi connectivity index (χ1v) is 29.5. The van der Waals surface area contributed by atoms with Crippen LogP contribution < -0.4 is 31.7 Å².